The largest absolute Gasteiger partial charge is 0.434 e. The van der Waals surface area contributed by atoms with E-state index in [1.807, 2.05) is 4.90 Å². The number of nitro benzene ring substituents is 1. The number of carbonyl (C=O) groups excluding carboxylic acids is 1. The molecule has 1 amide bonds. The highest BCUT2D eigenvalue weighted by molar-refractivity contribution is 6.08. The molecule has 3 heterocycles. The van der Waals surface area contributed by atoms with Crippen molar-refractivity contribution in [2.45, 2.75) is 0 Å². The molecule has 0 unspecified atom stereocenters. The molecule has 0 saturated carbocycles. The highest BCUT2D eigenvalue weighted by Gasteiger charge is 2.22. The molecule has 166 valence electrons. The van der Waals surface area contributed by atoms with E-state index in [9.17, 15) is 14.9 Å². The molecule has 0 bridgehead atoms. The quantitative estimate of drug-likeness (QED) is 0.362. The highest BCUT2D eigenvalue weighted by Crippen LogP contribution is 2.28. The van der Waals surface area contributed by atoms with Gasteiger partial charge in [-0.25, -0.2) is 4.98 Å². The molecular formula is C23H19N5O5. The van der Waals surface area contributed by atoms with Crippen molar-refractivity contribution in [1.82, 2.24) is 9.97 Å². The Morgan fingerprint density at radius 1 is 1.09 bits per heavy atom. The fraction of sp³-hybridized carbons (Fsp3) is 0.174. The second kappa shape index (κ2) is 8.67. The summed E-state index contributed by atoms with van der Waals surface area (Å²) in [6, 6.07) is 14.9. The topological polar surface area (TPSA) is 124 Å². The Balaban J connectivity index is 1.39. The van der Waals surface area contributed by atoms with Gasteiger partial charge < -0.3 is 19.4 Å². The summed E-state index contributed by atoms with van der Waals surface area (Å²) in [5.74, 6) is -0.00568. The second-order valence-corrected chi connectivity index (χ2v) is 7.43. The van der Waals surface area contributed by atoms with Crippen molar-refractivity contribution >= 4 is 34.2 Å². The number of amides is 1. The van der Waals surface area contributed by atoms with Gasteiger partial charge in [0.25, 0.3) is 11.6 Å². The first kappa shape index (κ1) is 20.6. The van der Waals surface area contributed by atoms with Gasteiger partial charge in [0, 0.05) is 42.7 Å². The van der Waals surface area contributed by atoms with Crippen LogP contribution in [0.15, 0.2) is 65.2 Å². The fourth-order valence-corrected chi connectivity index (χ4v) is 3.69. The van der Waals surface area contributed by atoms with E-state index in [0.717, 1.165) is 5.56 Å². The molecule has 2 aromatic carbocycles. The molecule has 0 spiro atoms. The maximum atomic E-state index is 13.1. The number of non-ortho nitro benzene ring substituents is 1. The number of anilines is 2. The zero-order chi connectivity index (χ0) is 22.8. The van der Waals surface area contributed by atoms with Gasteiger partial charge >= 0.3 is 0 Å². The number of nitro groups is 1. The number of carbonyl (C=O) groups is 1. The predicted octanol–water partition coefficient (Wildman–Crippen LogP) is 3.89. The minimum absolute atomic E-state index is 0.142. The Morgan fingerprint density at radius 2 is 1.88 bits per heavy atom. The van der Waals surface area contributed by atoms with Crippen LogP contribution in [0.3, 0.4) is 0 Å². The van der Waals surface area contributed by atoms with Crippen LogP contribution in [0.2, 0.25) is 0 Å². The van der Waals surface area contributed by atoms with Gasteiger partial charge in [-0.05, 0) is 42.5 Å². The second-order valence-electron chi connectivity index (χ2n) is 7.43. The summed E-state index contributed by atoms with van der Waals surface area (Å²) >= 11 is 0. The van der Waals surface area contributed by atoms with Gasteiger partial charge in [-0.1, -0.05) is 0 Å². The van der Waals surface area contributed by atoms with E-state index in [-0.39, 0.29) is 11.3 Å². The van der Waals surface area contributed by atoms with Gasteiger partial charge in [-0.2, -0.15) is 4.98 Å². The Morgan fingerprint density at radius 3 is 2.61 bits per heavy atom. The third kappa shape index (κ3) is 4.23. The smallest absolute Gasteiger partial charge is 0.270 e. The van der Waals surface area contributed by atoms with Crippen LogP contribution in [0, 0.1) is 10.1 Å². The molecule has 0 aliphatic carbocycles. The summed E-state index contributed by atoms with van der Waals surface area (Å²) in [5, 5.41) is 14.1. The summed E-state index contributed by atoms with van der Waals surface area (Å²) < 4.78 is 11.1. The first-order chi connectivity index (χ1) is 16.1. The lowest BCUT2D eigenvalue weighted by Crippen LogP contribution is -2.37. The number of benzene rings is 2. The maximum absolute atomic E-state index is 13.1. The number of oxazole rings is 1. The van der Waals surface area contributed by atoms with E-state index < -0.39 is 10.8 Å². The van der Waals surface area contributed by atoms with Crippen molar-refractivity contribution in [2.75, 3.05) is 36.5 Å². The van der Waals surface area contributed by atoms with Crippen LogP contribution in [-0.4, -0.2) is 47.1 Å². The zero-order valence-corrected chi connectivity index (χ0v) is 17.4. The molecule has 1 fully saturated rings. The number of morpholine rings is 1. The van der Waals surface area contributed by atoms with Gasteiger partial charge in [-0.3, -0.25) is 14.9 Å². The molecule has 0 atom stereocenters. The van der Waals surface area contributed by atoms with Crippen molar-refractivity contribution < 1.29 is 18.9 Å². The van der Waals surface area contributed by atoms with Gasteiger partial charge in [0.2, 0.25) is 5.89 Å². The van der Waals surface area contributed by atoms with E-state index in [4.69, 9.17) is 9.15 Å². The predicted molar refractivity (Wildman–Crippen MR) is 121 cm³/mol. The molecule has 1 N–H and O–H groups in total. The molecule has 2 aromatic heterocycles. The fourth-order valence-electron chi connectivity index (χ4n) is 3.69. The minimum atomic E-state index is -0.510. The molecular weight excluding hydrogens is 426 g/mol. The van der Waals surface area contributed by atoms with Gasteiger partial charge in [0.15, 0.2) is 11.2 Å². The van der Waals surface area contributed by atoms with Crippen molar-refractivity contribution in [3.8, 4) is 11.5 Å². The monoisotopic (exact) mass is 445 g/mol. The molecule has 10 heteroatoms. The van der Waals surface area contributed by atoms with Crippen LogP contribution in [0.4, 0.5) is 17.1 Å². The number of hydrogen-bond acceptors (Lipinski definition) is 8. The van der Waals surface area contributed by atoms with E-state index in [1.54, 1.807) is 48.7 Å². The molecule has 0 radical (unpaired) electrons. The number of fused-ring (bicyclic) bond motifs is 1. The van der Waals surface area contributed by atoms with E-state index in [0.29, 0.717) is 54.8 Å². The number of nitrogens with one attached hydrogen (secondary N) is 1. The zero-order valence-electron chi connectivity index (χ0n) is 17.4. The molecule has 5 rings (SSSR count). The van der Waals surface area contributed by atoms with Crippen LogP contribution in [0.25, 0.3) is 22.7 Å². The molecule has 4 aromatic rings. The number of pyridine rings is 1. The number of rotatable bonds is 5. The maximum Gasteiger partial charge on any atom is 0.270 e. The van der Waals surface area contributed by atoms with Gasteiger partial charge in [0.05, 0.1) is 29.4 Å². The first-order valence-electron chi connectivity index (χ1n) is 10.3. The summed E-state index contributed by atoms with van der Waals surface area (Å²) in [7, 11) is 0. The molecule has 1 aliphatic heterocycles. The van der Waals surface area contributed by atoms with Crippen molar-refractivity contribution in [3.05, 3.63) is 76.5 Å². The normalized spacial score (nSPS) is 13.8. The minimum Gasteiger partial charge on any atom is -0.434 e. The van der Waals surface area contributed by atoms with E-state index >= 15 is 0 Å². The van der Waals surface area contributed by atoms with E-state index in [1.165, 1.54) is 12.1 Å². The third-order valence-corrected chi connectivity index (χ3v) is 5.34. The number of aromatic nitrogens is 2. The lowest BCUT2D eigenvalue weighted by Gasteiger charge is -2.30. The van der Waals surface area contributed by atoms with Crippen LogP contribution in [-0.2, 0) is 4.74 Å². The van der Waals surface area contributed by atoms with Crippen molar-refractivity contribution in [1.29, 1.82) is 0 Å². The molecule has 1 saturated heterocycles. The molecule has 10 nitrogen and oxygen atoms in total. The SMILES string of the molecule is O=C(Nc1ccc(-c2nc3ncccc3o2)cc1)c1cc([N+](=O)[O-])ccc1N1CCOCC1. The van der Waals surface area contributed by atoms with E-state index in [2.05, 4.69) is 15.3 Å². The third-order valence-electron chi connectivity index (χ3n) is 5.34. The number of nitrogens with zero attached hydrogens (tertiary/aromatic N) is 4. The average Bonchev–Trinajstić information content (AvgIpc) is 3.29. The van der Waals surface area contributed by atoms with Crippen LogP contribution in [0.5, 0.6) is 0 Å². The highest BCUT2D eigenvalue weighted by atomic mass is 16.6. The standard InChI is InChI=1S/C23H19N5O5/c29-22(18-14-17(28(30)31)7-8-19(18)27-10-12-32-13-11-27)25-16-5-3-15(4-6-16)23-26-21-20(33-23)2-1-9-24-21/h1-9,14H,10-13H2,(H,25,29). The Hall–Kier alpha value is -4.31. The Labute approximate surface area is 188 Å². The summed E-state index contributed by atoms with van der Waals surface area (Å²) in [6.07, 6.45) is 1.65. The Kier molecular flexibility index (Phi) is 5.41. The van der Waals surface area contributed by atoms with Crippen LogP contribution < -0.4 is 10.2 Å². The number of hydrogen-bond donors (Lipinski definition) is 1. The average molecular weight is 445 g/mol. The lowest BCUT2D eigenvalue weighted by atomic mass is 10.1. The molecule has 33 heavy (non-hydrogen) atoms. The molecule has 1 aliphatic rings. The van der Waals surface area contributed by atoms with Gasteiger partial charge in [0.1, 0.15) is 0 Å². The van der Waals surface area contributed by atoms with Gasteiger partial charge in [-0.15, -0.1) is 0 Å². The summed E-state index contributed by atoms with van der Waals surface area (Å²) in [4.78, 5) is 34.4. The first-order valence-corrected chi connectivity index (χ1v) is 10.3. The number of ether oxygens (including phenoxy) is 1. The van der Waals surface area contributed by atoms with Crippen LogP contribution >= 0.6 is 0 Å². The lowest BCUT2D eigenvalue weighted by molar-refractivity contribution is -0.384. The summed E-state index contributed by atoms with van der Waals surface area (Å²) in [5.41, 5.74) is 3.11. The summed E-state index contributed by atoms with van der Waals surface area (Å²) in [6.45, 7) is 2.27. The Bertz CT molecular complexity index is 1300. The van der Waals surface area contributed by atoms with Crippen LogP contribution in [0.1, 0.15) is 10.4 Å². The van der Waals surface area contributed by atoms with Crippen molar-refractivity contribution in [3.63, 3.8) is 0 Å². The van der Waals surface area contributed by atoms with Crippen molar-refractivity contribution in [2.24, 2.45) is 0 Å².